The molecule has 5 nitrogen and oxygen atoms in total. The summed E-state index contributed by atoms with van der Waals surface area (Å²) in [7, 11) is -3.79. The first kappa shape index (κ1) is 24.0. The highest BCUT2D eigenvalue weighted by Gasteiger charge is 2.34. The largest absolute Gasteiger partial charge is 0.516 e. The van der Waals surface area contributed by atoms with E-state index in [1.165, 1.54) is 0 Å². The van der Waals surface area contributed by atoms with Crippen LogP contribution >= 0.6 is 0 Å². The zero-order valence-corrected chi connectivity index (χ0v) is 21.2. The Hall–Kier alpha value is -2.23. The fraction of sp³-hybridized carbons (Fsp3) is 0.391. The van der Waals surface area contributed by atoms with Gasteiger partial charge in [0.05, 0.1) is 5.56 Å². The molecule has 0 radical (unpaired) electrons. The number of ketones is 1. The average molecular weight is 445 g/mol. The third-order valence-electron chi connectivity index (χ3n) is 3.95. The van der Waals surface area contributed by atoms with Gasteiger partial charge in [-0.2, -0.15) is 0 Å². The zero-order valence-electron chi connectivity index (χ0n) is 19.2. The van der Waals surface area contributed by atoms with Gasteiger partial charge >= 0.3 is 5.97 Å². The maximum atomic E-state index is 12.8. The molecule has 0 aromatic heterocycles. The second kappa shape index (κ2) is 8.87. The summed E-state index contributed by atoms with van der Waals surface area (Å²) in [6.07, 6.45) is 0. The van der Waals surface area contributed by atoms with E-state index in [1.807, 2.05) is 33.5 Å². The summed E-state index contributed by atoms with van der Waals surface area (Å²) in [5.74, 6) is 0.836. The van der Waals surface area contributed by atoms with E-state index in [0.717, 1.165) is 0 Å². The van der Waals surface area contributed by atoms with Crippen molar-refractivity contribution in [1.29, 1.82) is 0 Å². The van der Waals surface area contributed by atoms with Crippen LogP contribution in [-0.2, 0) is 8.85 Å². The first-order valence-electron chi connectivity index (χ1n) is 10.0. The SMILES string of the molecule is CC(C)(O[Si](C)(C)C)C(=O)c1ccc(Oc2ccc(C(=O)O[Si](C)(C)C)cc2)cc1. The Bertz CT molecular complexity index is 889. The molecular formula is C23H32O5Si2. The highest BCUT2D eigenvalue weighted by Crippen LogP contribution is 2.26. The molecule has 0 aliphatic rings. The van der Waals surface area contributed by atoms with Crippen molar-refractivity contribution in [2.45, 2.75) is 58.7 Å². The highest BCUT2D eigenvalue weighted by molar-refractivity contribution is 6.71. The molecule has 0 saturated heterocycles. The predicted octanol–water partition coefficient (Wildman–Crippen LogP) is 6.28. The summed E-state index contributed by atoms with van der Waals surface area (Å²) in [4.78, 5) is 25.0. The van der Waals surface area contributed by atoms with Gasteiger partial charge in [0.2, 0.25) is 8.32 Å². The van der Waals surface area contributed by atoms with Crippen molar-refractivity contribution in [2.75, 3.05) is 0 Å². The van der Waals surface area contributed by atoms with Gasteiger partial charge < -0.3 is 13.6 Å². The number of carbonyl (C=O) groups excluding carboxylic acids is 2. The Kier molecular flexibility index (Phi) is 7.11. The van der Waals surface area contributed by atoms with Gasteiger partial charge in [-0.1, -0.05) is 0 Å². The molecule has 0 amide bonds. The van der Waals surface area contributed by atoms with Gasteiger partial charge in [-0.25, -0.2) is 4.79 Å². The normalized spacial score (nSPS) is 12.4. The molecule has 0 unspecified atom stereocenters. The Labute approximate surface area is 181 Å². The van der Waals surface area contributed by atoms with Gasteiger partial charge in [0.25, 0.3) is 0 Å². The second-order valence-electron chi connectivity index (χ2n) is 9.71. The third kappa shape index (κ3) is 7.23. The summed E-state index contributed by atoms with van der Waals surface area (Å²) in [5, 5.41) is 0. The summed E-state index contributed by atoms with van der Waals surface area (Å²) in [5.41, 5.74) is 0.207. The lowest BCUT2D eigenvalue weighted by atomic mass is 9.97. The molecule has 162 valence electrons. The quantitative estimate of drug-likeness (QED) is 0.354. The smallest absolute Gasteiger partial charge is 0.324 e. The van der Waals surface area contributed by atoms with Gasteiger partial charge in [0.15, 0.2) is 14.1 Å². The lowest BCUT2D eigenvalue weighted by Gasteiger charge is -2.31. The minimum Gasteiger partial charge on any atom is -0.516 e. The monoisotopic (exact) mass is 444 g/mol. The number of ether oxygens (including phenoxy) is 1. The molecule has 2 rings (SSSR count). The summed E-state index contributed by atoms with van der Waals surface area (Å²) in [6, 6.07) is 13.8. The van der Waals surface area contributed by atoms with Crippen LogP contribution in [0.15, 0.2) is 48.5 Å². The molecule has 0 heterocycles. The fourth-order valence-corrected chi connectivity index (χ4v) is 5.26. The highest BCUT2D eigenvalue weighted by atomic mass is 28.4. The van der Waals surface area contributed by atoms with Crippen LogP contribution in [-0.4, -0.2) is 34.0 Å². The van der Waals surface area contributed by atoms with Crippen LogP contribution in [0.4, 0.5) is 0 Å². The number of carbonyl (C=O) groups is 2. The van der Waals surface area contributed by atoms with E-state index in [4.69, 9.17) is 13.6 Å². The van der Waals surface area contributed by atoms with Gasteiger partial charge in [-0.15, -0.1) is 0 Å². The Balaban J connectivity index is 2.05. The zero-order chi connectivity index (χ0) is 22.7. The van der Waals surface area contributed by atoms with Crippen molar-refractivity contribution in [3.63, 3.8) is 0 Å². The molecule has 30 heavy (non-hydrogen) atoms. The molecule has 0 bridgehead atoms. The van der Waals surface area contributed by atoms with Crippen LogP contribution in [0.2, 0.25) is 39.3 Å². The molecule has 2 aromatic carbocycles. The van der Waals surface area contributed by atoms with Crippen molar-refractivity contribution >= 4 is 28.4 Å². The number of hydrogen-bond acceptors (Lipinski definition) is 5. The molecule has 7 heteroatoms. The molecule has 0 fully saturated rings. The number of Topliss-reactive ketones (excluding diaryl/α,β-unsaturated/α-hetero) is 1. The van der Waals surface area contributed by atoms with E-state index in [2.05, 4.69) is 19.6 Å². The first-order chi connectivity index (χ1) is 13.7. The summed E-state index contributed by atoms with van der Waals surface area (Å²) >= 11 is 0. The van der Waals surface area contributed by atoms with Crippen LogP contribution in [0, 0.1) is 0 Å². The molecule has 0 aliphatic carbocycles. The van der Waals surface area contributed by atoms with Crippen LogP contribution in [0.5, 0.6) is 11.5 Å². The van der Waals surface area contributed by atoms with Gasteiger partial charge in [-0.3, -0.25) is 4.79 Å². The van der Waals surface area contributed by atoms with Crippen molar-refractivity contribution in [3.05, 3.63) is 59.7 Å². The molecule has 0 aliphatic heterocycles. The topological polar surface area (TPSA) is 61.8 Å². The Morgan fingerprint density at radius 2 is 1.13 bits per heavy atom. The standard InChI is InChI=1S/C23H32O5Si2/c1-23(2,28-30(6,7)8)21(24)17-9-13-19(14-10-17)26-20-15-11-18(12-16-20)22(25)27-29(3,4)5/h9-16H,1-8H3. The fourth-order valence-electron chi connectivity index (χ4n) is 2.97. The van der Waals surface area contributed by atoms with Crippen molar-refractivity contribution in [1.82, 2.24) is 0 Å². The number of benzene rings is 2. The maximum Gasteiger partial charge on any atom is 0.324 e. The summed E-state index contributed by atoms with van der Waals surface area (Å²) in [6.45, 7) is 15.7. The van der Waals surface area contributed by atoms with Crippen LogP contribution in [0.1, 0.15) is 34.6 Å². The summed E-state index contributed by atoms with van der Waals surface area (Å²) < 4.78 is 17.4. The van der Waals surface area contributed by atoms with Crippen LogP contribution in [0.3, 0.4) is 0 Å². The lowest BCUT2D eigenvalue weighted by molar-refractivity contribution is 0.0558. The average Bonchev–Trinajstić information content (AvgIpc) is 2.59. The molecule has 0 saturated carbocycles. The maximum absolute atomic E-state index is 12.8. The van der Waals surface area contributed by atoms with Crippen LogP contribution in [0.25, 0.3) is 0 Å². The van der Waals surface area contributed by atoms with Crippen molar-refractivity contribution in [2.24, 2.45) is 0 Å². The number of hydrogen-bond donors (Lipinski definition) is 0. The first-order valence-corrected chi connectivity index (χ1v) is 16.8. The van der Waals surface area contributed by atoms with E-state index in [0.29, 0.717) is 22.6 Å². The van der Waals surface area contributed by atoms with E-state index >= 15 is 0 Å². The minimum atomic E-state index is -1.93. The van der Waals surface area contributed by atoms with E-state index in [-0.39, 0.29) is 11.8 Å². The second-order valence-corrected chi connectivity index (χ2v) is 18.6. The van der Waals surface area contributed by atoms with Crippen LogP contribution < -0.4 is 4.74 Å². The molecule has 0 N–H and O–H groups in total. The van der Waals surface area contributed by atoms with Gasteiger partial charge in [0.1, 0.15) is 17.1 Å². The lowest BCUT2D eigenvalue weighted by Crippen LogP contribution is -2.44. The van der Waals surface area contributed by atoms with E-state index in [1.54, 1.807) is 48.5 Å². The van der Waals surface area contributed by atoms with E-state index in [9.17, 15) is 9.59 Å². The van der Waals surface area contributed by atoms with E-state index < -0.39 is 22.2 Å². The Morgan fingerprint density at radius 3 is 1.53 bits per heavy atom. The number of rotatable bonds is 8. The van der Waals surface area contributed by atoms with Crippen molar-refractivity contribution in [3.8, 4) is 11.5 Å². The Morgan fingerprint density at radius 1 is 0.700 bits per heavy atom. The third-order valence-corrected chi connectivity index (χ3v) is 5.87. The van der Waals surface area contributed by atoms with Crippen molar-refractivity contribution < 1.29 is 23.2 Å². The molecule has 0 atom stereocenters. The van der Waals surface area contributed by atoms with Gasteiger partial charge in [0, 0.05) is 5.56 Å². The predicted molar refractivity (Wildman–Crippen MR) is 125 cm³/mol. The molecular weight excluding hydrogens is 412 g/mol. The minimum absolute atomic E-state index is 0.0539. The molecule has 0 spiro atoms. The molecule has 2 aromatic rings. The van der Waals surface area contributed by atoms with Gasteiger partial charge in [-0.05, 0) is 102 Å².